The van der Waals surface area contributed by atoms with Crippen LogP contribution in [0.3, 0.4) is 0 Å². The second-order valence-electron chi connectivity index (χ2n) is 3.79. The molecule has 1 heterocycles. The molecule has 1 aromatic heterocycles. The lowest BCUT2D eigenvalue weighted by molar-refractivity contribution is 0.112. The highest BCUT2D eigenvalue weighted by molar-refractivity contribution is 7.11. The summed E-state index contributed by atoms with van der Waals surface area (Å²) >= 11 is 1.72. The molecule has 0 aliphatic heterocycles. The smallest absolute Gasteiger partial charge is 0.150 e. The van der Waals surface area contributed by atoms with Crippen molar-refractivity contribution in [2.75, 3.05) is 0 Å². The Morgan fingerprint density at radius 2 is 2.19 bits per heavy atom. The summed E-state index contributed by atoms with van der Waals surface area (Å²) in [5, 5.41) is 1.11. The minimum atomic E-state index is 0.725. The largest absolute Gasteiger partial charge is 0.298 e. The summed E-state index contributed by atoms with van der Waals surface area (Å²) < 4.78 is 0. The molecule has 0 unspecified atom stereocenters. The van der Waals surface area contributed by atoms with Gasteiger partial charge >= 0.3 is 0 Å². The van der Waals surface area contributed by atoms with Crippen molar-refractivity contribution in [3.05, 3.63) is 51.0 Å². The van der Waals surface area contributed by atoms with Crippen LogP contribution in [0.5, 0.6) is 0 Å². The van der Waals surface area contributed by atoms with Gasteiger partial charge in [-0.2, -0.15) is 0 Å². The Labute approximate surface area is 99.0 Å². The summed E-state index contributed by atoms with van der Waals surface area (Å²) in [6.45, 7) is 4.11. The van der Waals surface area contributed by atoms with Gasteiger partial charge in [-0.3, -0.25) is 4.79 Å². The molecule has 0 aliphatic rings. The lowest BCUT2D eigenvalue weighted by Crippen LogP contribution is -1.89. The molecular formula is C13H13NOS. The molecule has 82 valence electrons. The quantitative estimate of drug-likeness (QED) is 0.759. The van der Waals surface area contributed by atoms with E-state index in [4.69, 9.17) is 0 Å². The maximum absolute atomic E-state index is 10.7. The van der Waals surface area contributed by atoms with Crippen LogP contribution in [-0.2, 0) is 6.42 Å². The van der Waals surface area contributed by atoms with Gasteiger partial charge in [-0.25, -0.2) is 4.98 Å². The van der Waals surface area contributed by atoms with Crippen molar-refractivity contribution in [1.82, 2.24) is 4.98 Å². The van der Waals surface area contributed by atoms with Crippen LogP contribution >= 0.6 is 11.3 Å². The molecule has 2 aromatic rings. The molecule has 2 rings (SSSR count). The molecule has 0 spiro atoms. The van der Waals surface area contributed by atoms with Gasteiger partial charge in [-0.15, -0.1) is 11.3 Å². The van der Waals surface area contributed by atoms with Crippen LogP contribution in [0.25, 0.3) is 0 Å². The molecular weight excluding hydrogens is 218 g/mol. The van der Waals surface area contributed by atoms with Crippen LogP contribution < -0.4 is 0 Å². The lowest BCUT2D eigenvalue weighted by Gasteiger charge is -1.98. The van der Waals surface area contributed by atoms with Crippen LogP contribution in [0.2, 0.25) is 0 Å². The highest BCUT2D eigenvalue weighted by Gasteiger charge is 2.04. The second kappa shape index (κ2) is 4.58. The van der Waals surface area contributed by atoms with Crippen molar-refractivity contribution in [3.8, 4) is 0 Å². The summed E-state index contributed by atoms with van der Waals surface area (Å²) in [6.07, 6.45) is 1.68. The van der Waals surface area contributed by atoms with Crippen LogP contribution in [0, 0.1) is 13.8 Å². The number of thiazole rings is 1. The van der Waals surface area contributed by atoms with Gasteiger partial charge in [0.05, 0.1) is 10.7 Å². The van der Waals surface area contributed by atoms with E-state index < -0.39 is 0 Å². The van der Waals surface area contributed by atoms with Crippen molar-refractivity contribution < 1.29 is 4.79 Å². The third kappa shape index (κ3) is 2.36. The van der Waals surface area contributed by atoms with E-state index in [1.807, 2.05) is 31.2 Å². The second-order valence-corrected chi connectivity index (χ2v) is 5.08. The highest BCUT2D eigenvalue weighted by Crippen LogP contribution is 2.19. The zero-order valence-corrected chi connectivity index (χ0v) is 10.2. The fourth-order valence-electron chi connectivity index (χ4n) is 1.57. The number of aldehydes is 1. The Bertz CT molecular complexity index is 497. The van der Waals surface area contributed by atoms with E-state index in [-0.39, 0.29) is 0 Å². The Balaban J connectivity index is 2.23. The average molecular weight is 231 g/mol. The third-order valence-electron chi connectivity index (χ3n) is 2.52. The summed E-state index contributed by atoms with van der Waals surface area (Å²) in [7, 11) is 0. The number of benzene rings is 1. The molecule has 0 radical (unpaired) electrons. The topological polar surface area (TPSA) is 30.0 Å². The van der Waals surface area contributed by atoms with Gasteiger partial charge in [0.1, 0.15) is 6.29 Å². The summed E-state index contributed by atoms with van der Waals surface area (Å²) in [5.41, 5.74) is 2.97. The molecule has 1 aromatic carbocycles. The van der Waals surface area contributed by atoms with Gasteiger partial charge in [0.25, 0.3) is 0 Å². The fraction of sp³-hybridized carbons (Fsp3) is 0.231. The van der Waals surface area contributed by atoms with E-state index in [9.17, 15) is 4.79 Å². The average Bonchev–Trinajstić information content (AvgIpc) is 2.58. The monoisotopic (exact) mass is 231 g/mol. The van der Waals surface area contributed by atoms with E-state index in [0.29, 0.717) is 0 Å². The molecule has 0 saturated heterocycles. The number of rotatable bonds is 3. The van der Waals surface area contributed by atoms with Crippen molar-refractivity contribution >= 4 is 17.6 Å². The molecule has 0 N–H and O–H groups in total. The standard InChI is InChI=1S/C13H13NOS/c1-9-10(2)16-13(14-9)7-11-4-3-5-12(6-11)8-15/h3-6,8H,7H2,1-2H3. The van der Waals surface area contributed by atoms with Crippen molar-refractivity contribution in [2.45, 2.75) is 20.3 Å². The Hall–Kier alpha value is -1.48. The van der Waals surface area contributed by atoms with Crippen molar-refractivity contribution in [2.24, 2.45) is 0 Å². The van der Waals surface area contributed by atoms with Gasteiger partial charge in [-0.05, 0) is 25.5 Å². The zero-order chi connectivity index (χ0) is 11.5. The van der Waals surface area contributed by atoms with Gasteiger partial charge in [0.15, 0.2) is 0 Å². The molecule has 0 bridgehead atoms. The SMILES string of the molecule is Cc1nc(Cc2cccc(C=O)c2)sc1C. The molecule has 2 nitrogen and oxygen atoms in total. The molecule has 16 heavy (non-hydrogen) atoms. The lowest BCUT2D eigenvalue weighted by atomic mass is 10.1. The maximum Gasteiger partial charge on any atom is 0.150 e. The Morgan fingerprint density at radius 1 is 1.38 bits per heavy atom. The molecule has 0 fully saturated rings. The normalized spacial score (nSPS) is 10.4. The number of aromatic nitrogens is 1. The molecule has 0 atom stereocenters. The van der Waals surface area contributed by atoms with Crippen LogP contribution in [0.15, 0.2) is 24.3 Å². The maximum atomic E-state index is 10.7. The van der Waals surface area contributed by atoms with Crippen LogP contribution in [0.1, 0.15) is 31.5 Å². The Morgan fingerprint density at radius 3 is 2.81 bits per heavy atom. The van der Waals surface area contributed by atoms with Gasteiger partial charge in [0, 0.05) is 16.9 Å². The number of hydrogen-bond acceptors (Lipinski definition) is 3. The number of nitrogens with zero attached hydrogens (tertiary/aromatic N) is 1. The van der Waals surface area contributed by atoms with E-state index in [1.54, 1.807) is 11.3 Å². The zero-order valence-electron chi connectivity index (χ0n) is 9.36. The molecule has 0 amide bonds. The summed E-state index contributed by atoms with van der Waals surface area (Å²) in [4.78, 5) is 16.4. The summed E-state index contributed by atoms with van der Waals surface area (Å²) in [6, 6.07) is 7.67. The number of aryl methyl sites for hydroxylation is 2. The number of carbonyl (C=O) groups excluding carboxylic acids is 1. The van der Waals surface area contributed by atoms with Crippen molar-refractivity contribution in [3.63, 3.8) is 0 Å². The first-order valence-electron chi connectivity index (χ1n) is 5.16. The van der Waals surface area contributed by atoms with Gasteiger partial charge < -0.3 is 0 Å². The predicted octanol–water partition coefficient (Wildman–Crippen LogP) is 3.16. The number of carbonyl (C=O) groups is 1. The van der Waals surface area contributed by atoms with E-state index in [0.717, 1.165) is 34.5 Å². The minimum absolute atomic E-state index is 0.725. The molecule has 3 heteroatoms. The van der Waals surface area contributed by atoms with Gasteiger partial charge in [0.2, 0.25) is 0 Å². The third-order valence-corrected chi connectivity index (χ3v) is 3.59. The first kappa shape index (κ1) is 11.0. The predicted molar refractivity (Wildman–Crippen MR) is 66.2 cm³/mol. The van der Waals surface area contributed by atoms with Crippen LogP contribution in [-0.4, -0.2) is 11.3 Å². The first-order valence-corrected chi connectivity index (χ1v) is 5.97. The summed E-state index contributed by atoms with van der Waals surface area (Å²) in [5.74, 6) is 0. The Kier molecular flexibility index (Phi) is 3.15. The molecule has 0 saturated carbocycles. The van der Waals surface area contributed by atoms with Gasteiger partial charge in [-0.1, -0.05) is 18.2 Å². The first-order chi connectivity index (χ1) is 7.69. The van der Waals surface area contributed by atoms with E-state index in [1.165, 1.54) is 4.88 Å². The van der Waals surface area contributed by atoms with E-state index in [2.05, 4.69) is 11.9 Å². The minimum Gasteiger partial charge on any atom is -0.298 e. The van der Waals surface area contributed by atoms with Crippen LogP contribution in [0.4, 0.5) is 0 Å². The molecule has 0 aliphatic carbocycles. The fourth-order valence-corrected chi connectivity index (χ4v) is 2.53. The van der Waals surface area contributed by atoms with Crippen molar-refractivity contribution in [1.29, 1.82) is 0 Å². The highest BCUT2D eigenvalue weighted by atomic mass is 32.1. The van der Waals surface area contributed by atoms with E-state index >= 15 is 0 Å². The number of hydrogen-bond donors (Lipinski definition) is 0.